The molecule has 4 nitrogen and oxygen atoms in total. The third kappa shape index (κ3) is 5.71. The number of nitrogens with one attached hydrogen (secondary N) is 2. The zero-order valence-corrected chi connectivity index (χ0v) is 15.0. The van der Waals surface area contributed by atoms with Gasteiger partial charge in [-0.15, -0.1) is 0 Å². The van der Waals surface area contributed by atoms with Gasteiger partial charge < -0.3 is 10.6 Å². The number of rotatable bonds is 7. The molecule has 1 fully saturated rings. The molecule has 2 N–H and O–H groups in total. The summed E-state index contributed by atoms with van der Waals surface area (Å²) in [7, 11) is 0. The molecule has 0 radical (unpaired) electrons. The molecule has 0 aliphatic carbocycles. The van der Waals surface area contributed by atoms with Crippen molar-refractivity contribution >= 4 is 29.0 Å². The minimum atomic E-state index is -2.44. The number of amides is 1. The number of likely N-dealkylation sites (tertiary alicyclic amines) is 1. The van der Waals surface area contributed by atoms with E-state index in [4.69, 9.17) is 0 Å². The van der Waals surface area contributed by atoms with Gasteiger partial charge in [-0.1, -0.05) is 30.0 Å². The molecule has 2 aromatic rings. The van der Waals surface area contributed by atoms with E-state index < -0.39 is 5.76 Å². The van der Waals surface area contributed by atoms with Gasteiger partial charge in [-0.25, -0.2) is 0 Å². The van der Waals surface area contributed by atoms with Gasteiger partial charge in [0.25, 0.3) is 5.76 Å². The third-order valence-corrected chi connectivity index (χ3v) is 4.87. The maximum Gasteiger partial charge on any atom is 0.288 e. The Morgan fingerprint density at radius 3 is 2.54 bits per heavy atom. The second-order valence-electron chi connectivity index (χ2n) is 6.18. The monoisotopic (exact) mass is 377 g/mol. The lowest BCUT2D eigenvalue weighted by atomic mass is 10.2. The summed E-state index contributed by atoms with van der Waals surface area (Å²) in [6, 6.07) is 16.8. The first-order valence-electron chi connectivity index (χ1n) is 8.47. The summed E-state index contributed by atoms with van der Waals surface area (Å²) in [4.78, 5) is 14.8. The van der Waals surface area contributed by atoms with Crippen molar-refractivity contribution in [3.63, 3.8) is 0 Å². The molecule has 1 saturated heterocycles. The number of para-hydroxylation sites is 1. The minimum Gasteiger partial charge on any atom is -0.381 e. The SMILES string of the molecule is O=C(CN1CCC(Nc2ccccc2)C1)Nc1ccc(SC(F)F)cc1. The molecule has 26 heavy (non-hydrogen) atoms. The summed E-state index contributed by atoms with van der Waals surface area (Å²) in [5.74, 6) is -2.54. The molecule has 1 aliphatic heterocycles. The Balaban J connectivity index is 1.44. The number of hydrogen-bond acceptors (Lipinski definition) is 4. The summed E-state index contributed by atoms with van der Waals surface area (Å²) in [5.41, 5.74) is 1.71. The van der Waals surface area contributed by atoms with E-state index in [0.29, 0.717) is 34.9 Å². The second kappa shape index (κ2) is 9.00. The van der Waals surface area contributed by atoms with Gasteiger partial charge in [-0.3, -0.25) is 9.69 Å². The predicted molar refractivity (Wildman–Crippen MR) is 102 cm³/mol. The third-order valence-electron chi connectivity index (χ3n) is 4.15. The van der Waals surface area contributed by atoms with Gasteiger partial charge >= 0.3 is 0 Å². The molecule has 7 heteroatoms. The first-order chi connectivity index (χ1) is 12.6. The molecule has 1 amide bonds. The van der Waals surface area contributed by atoms with E-state index in [1.807, 2.05) is 30.3 Å². The molecule has 1 atom stereocenters. The number of halogens is 2. The summed E-state index contributed by atoms with van der Waals surface area (Å²) >= 11 is 0.492. The van der Waals surface area contributed by atoms with Crippen LogP contribution in [0, 0.1) is 0 Å². The normalized spacial score (nSPS) is 17.4. The minimum absolute atomic E-state index is 0.0976. The van der Waals surface area contributed by atoms with Crippen LogP contribution in [0.4, 0.5) is 20.2 Å². The van der Waals surface area contributed by atoms with Crippen LogP contribution in [-0.4, -0.2) is 42.2 Å². The fraction of sp³-hybridized carbons (Fsp3) is 0.316. The molecule has 0 bridgehead atoms. The first kappa shape index (κ1) is 18.7. The van der Waals surface area contributed by atoms with Gasteiger partial charge in [0.15, 0.2) is 0 Å². The van der Waals surface area contributed by atoms with E-state index in [2.05, 4.69) is 15.5 Å². The highest BCUT2D eigenvalue weighted by Gasteiger charge is 2.23. The van der Waals surface area contributed by atoms with Gasteiger partial charge in [-0.2, -0.15) is 8.78 Å². The van der Waals surface area contributed by atoms with Crippen LogP contribution in [0.1, 0.15) is 6.42 Å². The van der Waals surface area contributed by atoms with Crippen molar-refractivity contribution in [2.75, 3.05) is 30.3 Å². The standard InChI is InChI=1S/C19H21F2N3OS/c20-19(21)26-17-8-6-15(7-9-17)23-18(25)13-24-11-10-16(12-24)22-14-4-2-1-3-5-14/h1-9,16,19,22H,10-13H2,(H,23,25). The summed E-state index contributed by atoms with van der Waals surface area (Å²) in [6.07, 6.45) is 0.988. The molecule has 2 aromatic carbocycles. The topological polar surface area (TPSA) is 44.4 Å². The number of benzene rings is 2. The highest BCUT2D eigenvalue weighted by atomic mass is 32.2. The second-order valence-corrected chi connectivity index (χ2v) is 7.25. The van der Waals surface area contributed by atoms with E-state index in [-0.39, 0.29) is 5.91 Å². The van der Waals surface area contributed by atoms with Crippen LogP contribution in [0.25, 0.3) is 0 Å². The number of thioether (sulfide) groups is 1. The Hall–Kier alpha value is -2.12. The van der Waals surface area contributed by atoms with E-state index in [9.17, 15) is 13.6 Å². The van der Waals surface area contributed by atoms with Crippen molar-refractivity contribution in [2.24, 2.45) is 0 Å². The Bertz CT molecular complexity index is 712. The van der Waals surface area contributed by atoms with Gasteiger partial charge in [0, 0.05) is 35.4 Å². The lowest BCUT2D eigenvalue weighted by molar-refractivity contribution is -0.117. The number of anilines is 2. The van der Waals surface area contributed by atoms with E-state index in [1.165, 1.54) is 0 Å². The van der Waals surface area contributed by atoms with Crippen molar-refractivity contribution in [3.05, 3.63) is 54.6 Å². The number of nitrogens with zero attached hydrogens (tertiary/aromatic N) is 1. The van der Waals surface area contributed by atoms with Crippen LogP contribution in [0.2, 0.25) is 0 Å². The van der Waals surface area contributed by atoms with Gasteiger partial charge in [-0.05, 0) is 42.8 Å². The molecule has 1 unspecified atom stereocenters. The van der Waals surface area contributed by atoms with Crippen molar-refractivity contribution in [1.29, 1.82) is 0 Å². The maximum atomic E-state index is 12.3. The smallest absolute Gasteiger partial charge is 0.288 e. The molecule has 0 saturated carbocycles. The Kier molecular flexibility index (Phi) is 6.46. The lowest BCUT2D eigenvalue weighted by Gasteiger charge is -2.17. The van der Waals surface area contributed by atoms with Crippen molar-refractivity contribution < 1.29 is 13.6 Å². The average Bonchev–Trinajstić information content (AvgIpc) is 3.04. The molecule has 138 valence electrons. The Morgan fingerprint density at radius 2 is 1.85 bits per heavy atom. The van der Waals surface area contributed by atoms with E-state index in [1.54, 1.807) is 24.3 Å². The fourth-order valence-electron chi connectivity index (χ4n) is 2.99. The molecule has 1 aliphatic rings. The first-order valence-corrected chi connectivity index (χ1v) is 9.35. The van der Waals surface area contributed by atoms with Gasteiger partial charge in [0.2, 0.25) is 5.91 Å². The number of carbonyl (C=O) groups is 1. The zero-order chi connectivity index (χ0) is 18.4. The highest BCUT2D eigenvalue weighted by Crippen LogP contribution is 2.26. The molecular weight excluding hydrogens is 356 g/mol. The quantitative estimate of drug-likeness (QED) is 0.713. The van der Waals surface area contributed by atoms with Crippen LogP contribution in [-0.2, 0) is 4.79 Å². The molecule has 3 rings (SSSR count). The fourth-order valence-corrected chi connectivity index (χ4v) is 3.49. The number of hydrogen-bond donors (Lipinski definition) is 2. The number of carbonyl (C=O) groups excluding carboxylic acids is 1. The van der Waals surface area contributed by atoms with Crippen LogP contribution >= 0.6 is 11.8 Å². The van der Waals surface area contributed by atoms with E-state index >= 15 is 0 Å². The number of alkyl halides is 2. The largest absolute Gasteiger partial charge is 0.381 e. The van der Waals surface area contributed by atoms with Crippen molar-refractivity contribution in [2.45, 2.75) is 23.1 Å². The van der Waals surface area contributed by atoms with Crippen molar-refractivity contribution in [3.8, 4) is 0 Å². The van der Waals surface area contributed by atoms with Crippen LogP contribution in [0.5, 0.6) is 0 Å². The van der Waals surface area contributed by atoms with Gasteiger partial charge in [0.05, 0.1) is 6.54 Å². The Morgan fingerprint density at radius 1 is 1.12 bits per heavy atom. The molecule has 0 aromatic heterocycles. The Labute approximate surface area is 156 Å². The maximum absolute atomic E-state index is 12.3. The molecule has 0 spiro atoms. The summed E-state index contributed by atoms with van der Waals surface area (Å²) < 4.78 is 24.6. The van der Waals surface area contributed by atoms with Crippen LogP contribution < -0.4 is 10.6 Å². The average molecular weight is 377 g/mol. The summed E-state index contributed by atoms with van der Waals surface area (Å²) in [5, 5.41) is 6.29. The van der Waals surface area contributed by atoms with E-state index in [0.717, 1.165) is 25.2 Å². The van der Waals surface area contributed by atoms with Crippen LogP contribution in [0.15, 0.2) is 59.5 Å². The van der Waals surface area contributed by atoms with Gasteiger partial charge in [0.1, 0.15) is 0 Å². The molecular formula is C19H21F2N3OS. The van der Waals surface area contributed by atoms with Crippen molar-refractivity contribution in [1.82, 2.24) is 4.90 Å². The predicted octanol–water partition coefficient (Wildman–Crippen LogP) is 4.13. The van der Waals surface area contributed by atoms with Crippen LogP contribution in [0.3, 0.4) is 0 Å². The highest BCUT2D eigenvalue weighted by molar-refractivity contribution is 7.99. The zero-order valence-electron chi connectivity index (χ0n) is 14.2. The summed E-state index contributed by atoms with van der Waals surface area (Å²) in [6.45, 7) is 1.99. The lowest BCUT2D eigenvalue weighted by Crippen LogP contribution is -2.33. The molecule has 1 heterocycles.